The second-order valence-electron chi connectivity index (χ2n) is 4.25. The minimum Gasteiger partial charge on any atom is -0.464 e. The van der Waals surface area contributed by atoms with Crippen molar-refractivity contribution < 1.29 is 13.6 Å². The lowest BCUT2D eigenvalue weighted by Crippen LogP contribution is -2.04. The SMILES string of the molecule is O=c1ccoc2cc3c(cc12)Cc1ccoc1O3. The number of hydrogen-bond acceptors (Lipinski definition) is 4. The van der Waals surface area contributed by atoms with Gasteiger partial charge in [-0.1, -0.05) is 0 Å². The Morgan fingerprint density at radius 1 is 1.00 bits per heavy atom. The van der Waals surface area contributed by atoms with Crippen LogP contribution in [0.15, 0.2) is 50.4 Å². The molecule has 0 amide bonds. The van der Waals surface area contributed by atoms with E-state index in [1.165, 1.54) is 12.3 Å². The van der Waals surface area contributed by atoms with E-state index >= 15 is 0 Å². The first-order chi connectivity index (χ1) is 8.81. The summed E-state index contributed by atoms with van der Waals surface area (Å²) in [5.41, 5.74) is 2.44. The van der Waals surface area contributed by atoms with E-state index in [0.29, 0.717) is 29.1 Å². The molecule has 0 radical (unpaired) electrons. The van der Waals surface area contributed by atoms with Crippen molar-refractivity contribution in [1.29, 1.82) is 0 Å². The minimum atomic E-state index is -0.0444. The number of ether oxygens (including phenoxy) is 1. The first-order valence-corrected chi connectivity index (χ1v) is 5.60. The summed E-state index contributed by atoms with van der Waals surface area (Å²) in [6.45, 7) is 0. The van der Waals surface area contributed by atoms with Crippen LogP contribution in [0.3, 0.4) is 0 Å². The normalized spacial score (nSPS) is 12.9. The van der Waals surface area contributed by atoms with Crippen LogP contribution < -0.4 is 10.2 Å². The topological polar surface area (TPSA) is 52.6 Å². The summed E-state index contributed by atoms with van der Waals surface area (Å²) in [5.74, 6) is 1.19. The van der Waals surface area contributed by atoms with Gasteiger partial charge in [0.1, 0.15) is 11.3 Å². The number of furan rings is 1. The maximum absolute atomic E-state index is 11.7. The molecule has 4 heteroatoms. The molecule has 88 valence electrons. The molecule has 0 saturated carbocycles. The molecule has 1 aliphatic rings. The molecule has 4 nitrogen and oxygen atoms in total. The van der Waals surface area contributed by atoms with Crippen LogP contribution in [0.4, 0.5) is 0 Å². The molecule has 4 rings (SSSR count). The molecule has 0 N–H and O–H groups in total. The number of benzene rings is 1. The average Bonchev–Trinajstić information content (AvgIpc) is 2.81. The van der Waals surface area contributed by atoms with Crippen LogP contribution in [0.2, 0.25) is 0 Å². The Balaban J connectivity index is 2.00. The maximum atomic E-state index is 11.7. The fourth-order valence-corrected chi connectivity index (χ4v) is 2.24. The Morgan fingerprint density at radius 3 is 2.83 bits per heavy atom. The lowest BCUT2D eigenvalue weighted by Gasteiger charge is -2.15. The van der Waals surface area contributed by atoms with E-state index in [1.807, 2.05) is 12.1 Å². The predicted molar refractivity (Wildman–Crippen MR) is 64.1 cm³/mol. The van der Waals surface area contributed by atoms with Gasteiger partial charge in [0, 0.05) is 29.7 Å². The minimum absolute atomic E-state index is 0.0444. The standard InChI is InChI=1S/C14H8O4/c15-11-2-4-16-13-7-12-9(6-10(11)13)5-8-1-3-17-14(8)18-12/h1-4,6-7H,5H2. The summed E-state index contributed by atoms with van der Waals surface area (Å²) < 4.78 is 16.2. The molecule has 0 saturated heterocycles. The van der Waals surface area contributed by atoms with E-state index in [2.05, 4.69) is 0 Å². The highest BCUT2D eigenvalue weighted by Gasteiger charge is 2.21. The molecule has 0 unspecified atom stereocenters. The zero-order valence-corrected chi connectivity index (χ0v) is 9.30. The van der Waals surface area contributed by atoms with Gasteiger partial charge in [-0.25, -0.2) is 0 Å². The Labute approximate surface area is 101 Å². The molecule has 0 atom stereocenters. The van der Waals surface area contributed by atoms with Crippen molar-refractivity contribution in [2.75, 3.05) is 0 Å². The van der Waals surface area contributed by atoms with Crippen LogP contribution >= 0.6 is 0 Å². The highest BCUT2D eigenvalue weighted by Crippen LogP contribution is 2.38. The van der Waals surface area contributed by atoms with Crippen LogP contribution in [-0.4, -0.2) is 0 Å². The fraction of sp³-hybridized carbons (Fsp3) is 0.0714. The third-order valence-corrected chi connectivity index (χ3v) is 3.13. The van der Waals surface area contributed by atoms with Gasteiger partial charge in [-0.2, -0.15) is 0 Å². The van der Waals surface area contributed by atoms with E-state index < -0.39 is 0 Å². The van der Waals surface area contributed by atoms with Crippen molar-refractivity contribution in [2.45, 2.75) is 6.42 Å². The zero-order chi connectivity index (χ0) is 12.1. The molecule has 0 aliphatic carbocycles. The molecule has 2 aromatic heterocycles. The van der Waals surface area contributed by atoms with Gasteiger partial charge < -0.3 is 13.6 Å². The molecular formula is C14H8O4. The Kier molecular flexibility index (Phi) is 1.73. The van der Waals surface area contributed by atoms with Crippen molar-refractivity contribution >= 4 is 11.0 Å². The van der Waals surface area contributed by atoms with Crippen molar-refractivity contribution in [2.24, 2.45) is 0 Å². The Hall–Kier alpha value is -2.49. The van der Waals surface area contributed by atoms with E-state index in [-0.39, 0.29) is 5.43 Å². The van der Waals surface area contributed by atoms with Gasteiger partial charge in [-0.3, -0.25) is 4.79 Å². The number of fused-ring (bicyclic) bond motifs is 3. The molecule has 0 bridgehead atoms. The average molecular weight is 240 g/mol. The fourth-order valence-electron chi connectivity index (χ4n) is 2.24. The molecule has 1 aromatic carbocycles. The van der Waals surface area contributed by atoms with E-state index in [4.69, 9.17) is 13.6 Å². The third-order valence-electron chi connectivity index (χ3n) is 3.13. The number of rotatable bonds is 0. The summed E-state index contributed by atoms with van der Waals surface area (Å²) in [6.07, 6.45) is 3.68. The van der Waals surface area contributed by atoms with Crippen molar-refractivity contribution in [1.82, 2.24) is 0 Å². The zero-order valence-electron chi connectivity index (χ0n) is 9.30. The molecular weight excluding hydrogens is 232 g/mol. The molecule has 0 fully saturated rings. The lowest BCUT2D eigenvalue weighted by atomic mass is 10.0. The van der Waals surface area contributed by atoms with Crippen LogP contribution in [0, 0.1) is 0 Å². The quantitative estimate of drug-likeness (QED) is 0.474. The summed E-state index contributed by atoms with van der Waals surface area (Å²) >= 11 is 0. The first kappa shape index (κ1) is 9.53. The molecule has 3 heterocycles. The van der Waals surface area contributed by atoms with Gasteiger partial charge in [0.05, 0.1) is 17.9 Å². The van der Waals surface area contributed by atoms with Crippen LogP contribution in [0.1, 0.15) is 11.1 Å². The number of hydrogen-bond donors (Lipinski definition) is 0. The third kappa shape index (κ3) is 1.23. The Morgan fingerprint density at radius 2 is 1.89 bits per heavy atom. The Bertz CT molecular complexity index is 810. The van der Waals surface area contributed by atoms with Gasteiger partial charge in [0.15, 0.2) is 5.43 Å². The lowest BCUT2D eigenvalue weighted by molar-refractivity contribution is 0.333. The van der Waals surface area contributed by atoms with Gasteiger partial charge >= 0.3 is 0 Å². The van der Waals surface area contributed by atoms with Crippen LogP contribution in [-0.2, 0) is 6.42 Å². The smallest absolute Gasteiger partial charge is 0.293 e. The summed E-state index contributed by atoms with van der Waals surface area (Å²) in [6, 6.07) is 6.85. The summed E-state index contributed by atoms with van der Waals surface area (Å²) in [5, 5.41) is 0.576. The predicted octanol–water partition coefficient (Wildman–Crippen LogP) is 3.08. The largest absolute Gasteiger partial charge is 0.464 e. The van der Waals surface area contributed by atoms with Gasteiger partial charge in [-0.15, -0.1) is 0 Å². The highest BCUT2D eigenvalue weighted by atomic mass is 16.6. The summed E-state index contributed by atoms with van der Waals surface area (Å²) in [4.78, 5) is 11.7. The second-order valence-corrected chi connectivity index (χ2v) is 4.25. The van der Waals surface area contributed by atoms with E-state index in [0.717, 1.165) is 11.1 Å². The molecule has 18 heavy (non-hydrogen) atoms. The van der Waals surface area contributed by atoms with Crippen LogP contribution in [0.5, 0.6) is 11.7 Å². The maximum Gasteiger partial charge on any atom is 0.293 e. The van der Waals surface area contributed by atoms with Crippen molar-refractivity contribution in [3.63, 3.8) is 0 Å². The van der Waals surface area contributed by atoms with Crippen LogP contribution in [0.25, 0.3) is 11.0 Å². The monoisotopic (exact) mass is 240 g/mol. The summed E-state index contributed by atoms with van der Waals surface area (Å²) in [7, 11) is 0. The van der Waals surface area contributed by atoms with Gasteiger partial charge in [0.2, 0.25) is 0 Å². The van der Waals surface area contributed by atoms with Gasteiger partial charge in [-0.05, 0) is 12.1 Å². The highest BCUT2D eigenvalue weighted by molar-refractivity contribution is 5.80. The van der Waals surface area contributed by atoms with Crippen molar-refractivity contribution in [3.05, 3.63) is 58.1 Å². The van der Waals surface area contributed by atoms with E-state index in [9.17, 15) is 4.79 Å². The second kappa shape index (κ2) is 3.26. The molecule has 1 aliphatic heterocycles. The van der Waals surface area contributed by atoms with Crippen molar-refractivity contribution in [3.8, 4) is 11.7 Å². The first-order valence-electron chi connectivity index (χ1n) is 5.60. The van der Waals surface area contributed by atoms with Gasteiger partial charge in [0.25, 0.3) is 5.95 Å². The van der Waals surface area contributed by atoms with E-state index in [1.54, 1.807) is 12.3 Å². The molecule has 0 spiro atoms. The molecule has 3 aromatic rings.